The van der Waals surface area contributed by atoms with Gasteiger partial charge in [0.25, 0.3) is 0 Å². The fourth-order valence-corrected chi connectivity index (χ4v) is 1.17. The number of alkyl halides is 6. The first-order valence-corrected chi connectivity index (χ1v) is 6.92. The Bertz CT molecular complexity index is 597. The van der Waals surface area contributed by atoms with Gasteiger partial charge < -0.3 is 20.3 Å². The Morgan fingerprint density at radius 1 is 1.07 bits per heavy atom. The first-order valence-electron chi connectivity index (χ1n) is 6.92. The predicted molar refractivity (Wildman–Crippen MR) is 80.2 cm³/mol. The Labute approximate surface area is 154 Å². The van der Waals surface area contributed by atoms with E-state index >= 15 is 0 Å². The lowest BCUT2D eigenvalue weighted by molar-refractivity contribution is -0.193. The van der Waals surface area contributed by atoms with Crippen molar-refractivity contribution in [1.82, 2.24) is 10.3 Å². The SMILES string of the molecule is CNC(Cc1ccccn1)C(=O)OC.O=C(O)C(F)(F)F.O=C(O)C(F)(F)F. The van der Waals surface area contributed by atoms with Crippen LogP contribution in [0.25, 0.3) is 0 Å². The normalized spacial score (nSPS) is 11.7. The highest BCUT2D eigenvalue weighted by atomic mass is 19.4. The van der Waals surface area contributed by atoms with Gasteiger partial charge in [0.05, 0.1) is 7.11 Å². The van der Waals surface area contributed by atoms with Gasteiger partial charge in [0.1, 0.15) is 6.04 Å². The molecule has 1 rings (SSSR count). The summed E-state index contributed by atoms with van der Waals surface area (Å²) < 4.78 is 68.1. The van der Waals surface area contributed by atoms with E-state index in [1.54, 1.807) is 13.2 Å². The molecule has 0 aliphatic heterocycles. The summed E-state index contributed by atoms with van der Waals surface area (Å²) in [5.74, 6) is -5.78. The molecule has 1 aromatic rings. The predicted octanol–water partition coefficient (Wildman–Crippen LogP) is 1.65. The lowest BCUT2D eigenvalue weighted by Crippen LogP contribution is -2.37. The van der Waals surface area contributed by atoms with E-state index in [2.05, 4.69) is 15.0 Å². The summed E-state index contributed by atoms with van der Waals surface area (Å²) >= 11 is 0. The summed E-state index contributed by atoms with van der Waals surface area (Å²) in [5, 5.41) is 17.1. The third kappa shape index (κ3) is 13.3. The second kappa shape index (κ2) is 12.5. The van der Waals surface area contributed by atoms with Crippen molar-refractivity contribution in [1.29, 1.82) is 0 Å². The fourth-order valence-electron chi connectivity index (χ4n) is 1.17. The number of pyridine rings is 1. The molecule has 160 valence electrons. The summed E-state index contributed by atoms with van der Waals surface area (Å²) in [5.41, 5.74) is 0.872. The van der Waals surface area contributed by atoms with Crippen LogP contribution in [0.4, 0.5) is 26.3 Å². The molecular formula is C14H16F6N2O6. The molecule has 0 saturated heterocycles. The van der Waals surface area contributed by atoms with Crippen molar-refractivity contribution in [3.63, 3.8) is 0 Å². The standard InChI is InChI=1S/C10H14N2O2.2C2HF3O2/c1-11-9(10(13)14-2)7-8-5-3-4-6-12-8;2*3-2(4,5)1(6)7/h3-6,9,11H,7H2,1-2H3;2*(H,6,7). The number of nitrogens with zero attached hydrogens (tertiary/aromatic N) is 1. The van der Waals surface area contributed by atoms with Crippen LogP contribution >= 0.6 is 0 Å². The molecule has 0 radical (unpaired) electrons. The number of hydrogen-bond acceptors (Lipinski definition) is 6. The van der Waals surface area contributed by atoms with Crippen molar-refractivity contribution in [3.8, 4) is 0 Å². The Kier molecular flexibility index (Phi) is 12.2. The number of methoxy groups -OCH3 is 1. The second-order valence-corrected chi connectivity index (χ2v) is 4.50. The van der Waals surface area contributed by atoms with Gasteiger partial charge in [-0.2, -0.15) is 26.3 Å². The molecular weight excluding hydrogens is 406 g/mol. The van der Waals surface area contributed by atoms with E-state index < -0.39 is 24.3 Å². The molecule has 0 aliphatic carbocycles. The van der Waals surface area contributed by atoms with Gasteiger partial charge in [0.15, 0.2) is 0 Å². The molecule has 0 aromatic carbocycles. The van der Waals surface area contributed by atoms with Gasteiger partial charge in [-0.15, -0.1) is 0 Å². The van der Waals surface area contributed by atoms with Gasteiger partial charge in [0.2, 0.25) is 0 Å². The van der Waals surface area contributed by atoms with Gasteiger partial charge >= 0.3 is 30.3 Å². The Morgan fingerprint density at radius 2 is 1.50 bits per heavy atom. The van der Waals surface area contributed by atoms with Crippen LogP contribution in [-0.2, 0) is 25.5 Å². The number of rotatable bonds is 4. The van der Waals surface area contributed by atoms with Crippen LogP contribution in [-0.4, -0.2) is 65.7 Å². The largest absolute Gasteiger partial charge is 0.490 e. The van der Waals surface area contributed by atoms with E-state index in [9.17, 15) is 31.1 Å². The maximum Gasteiger partial charge on any atom is 0.490 e. The Hall–Kier alpha value is -2.90. The third-order valence-electron chi connectivity index (χ3n) is 2.46. The molecule has 14 heteroatoms. The highest BCUT2D eigenvalue weighted by Crippen LogP contribution is 2.13. The Morgan fingerprint density at radius 3 is 1.75 bits per heavy atom. The summed E-state index contributed by atoms with van der Waals surface area (Å²) in [6.45, 7) is 0. The topological polar surface area (TPSA) is 126 Å². The summed E-state index contributed by atoms with van der Waals surface area (Å²) in [7, 11) is 3.11. The minimum Gasteiger partial charge on any atom is -0.475 e. The van der Waals surface area contributed by atoms with Crippen LogP contribution < -0.4 is 5.32 Å². The van der Waals surface area contributed by atoms with Crippen LogP contribution in [0, 0.1) is 0 Å². The number of carboxylic acid groups (broad SMARTS) is 2. The maximum atomic E-state index is 11.2. The monoisotopic (exact) mass is 422 g/mol. The van der Waals surface area contributed by atoms with Gasteiger partial charge in [-0.05, 0) is 19.2 Å². The number of aliphatic carboxylic acids is 2. The van der Waals surface area contributed by atoms with Crippen molar-refractivity contribution in [2.24, 2.45) is 0 Å². The van der Waals surface area contributed by atoms with Crippen LogP contribution in [0.2, 0.25) is 0 Å². The second-order valence-electron chi connectivity index (χ2n) is 4.50. The molecule has 0 saturated carbocycles. The van der Waals surface area contributed by atoms with Crippen molar-refractivity contribution < 1.29 is 55.7 Å². The Balaban J connectivity index is 0. The molecule has 1 heterocycles. The van der Waals surface area contributed by atoms with Crippen LogP contribution in [0.1, 0.15) is 5.69 Å². The molecule has 1 unspecified atom stereocenters. The number of carbonyl (C=O) groups is 3. The molecule has 0 bridgehead atoms. The van der Waals surface area contributed by atoms with E-state index in [1.807, 2.05) is 18.2 Å². The molecule has 0 fully saturated rings. The van der Waals surface area contributed by atoms with Gasteiger partial charge in [-0.1, -0.05) is 6.07 Å². The van der Waals surface area contributed by atoms with E-state index in [0.29, 0.717) is 6.42 Å². The highest BCUT2D eigenvalue weighted by Gasteiger charge is 2.38. The van der Waals surface area contributed by atoms with Gasteiger partial charge in [0, 0.05) is 18.3 Å². The van der Waals surface area contributed by atoms with Crippen molar-refractivity contribution >= 4 is 17.9 Å². The van der Waals surface area contributed by atoms with E-state index in [0.717, 1.165) is 5.69 Å². The van der Waals surface area contributed by atoms with Crippen LogP contribution in [0.3, 0.4) is 0 Å². The summed E-state index contributed by atoms with van der Waals surface area (Å²) in [4.78, 5) is 33.2. The highest BCUT2D eigenvalue weighted by molar-refractivity contribution is 5.76. The quantitative estimate of drug-likeness (QED) is 0.494. The fraction of sp³-hybridized carbons (Fsp3) is 0.429. The lowest BCUT2D eigenvalue weighted by atomic mass is 10.1. The lowest BCUT2D eigenvalue weighted by Gasteiger charge is -2.12. The van der Waals surface area contributed by atoms with Crippen molar-refractivity contribution in [2.45, 2.75) is 24.8 Å². The van der Waals surface area contributed by atoms with Crippen molar-refractivity contribution in [2.75, 3.05) is 14.2 Å². The summed E-state index contributed by atoms with van der Waals surface area (Å²) in [6.07, 6.45) is -7.91. The minimum atomic E-state index is -5.08. The maximum absolute atomic E-state index is 11.2. The molecule has 0 aliphatic rings. The number of carbonyl (C=O) groups excluding carboxylic acids is 1. The zero-order valence-corrected chi connectivity index (χ0v) is 14.3. The average molecular weight is 422 g/mol. The molecule has 0 amide bonds. The van der Waals surface area contributed by atoms with Crippen LogP contribution in [0.5, 0.6) is 0 Å². The number of likely N-dealkylation sites (N-methyl/N-ethyl adjacent to an activating group) is 1. The summed E-state index contributed by atoms with van der Waals surface area (Å²) in [6, 6.07) is 5.30. The van der Waals surface area contributed by atoms with E-state index in [-0.39, 0.29) is 12.0 Å². The van der Waals surface area contributed by atoms with E-state index in [1.165, 1.54) is 7.11 Å². The number of halogens is 6. The third-order valence-corrected chi connectivity index (χ3v) is 2.46. The molecule has 0 spiro atoms. The first kappa shape index (κ1) is 27.3. The zero-order chi connectivity index (χ0) is 22.5. The number of aromatic nitrogens is 1. The number of nitrogens with one attached hydrogen (secondary N) is 1. The number of carboxylic acids is 2. The van der Waals surface area contributed by atoms with E-state index in [4.69, 9.17) is 19.8 Å². The van der Waals surface area contributed by atoms with Gasteiger partial charge in [-0.3, -0.25) is 9.78 Å². The molecule has 3 N–H and O–H groups in total. The number of ether oxygens (including phenoxy) is 1. The average Bonchev–Trinajstić information content (AvgIpc) is 2.59. The molecule has 8 nitrogen and oxygen atoms in total. The zero-order valence-electron chi connectivity index (χ0n) is 14.3. The van der Waals surface area contributed by atoms with Crippen LogP contribution in [0.15, 0.2) is 24.4 Å². The van der Waals surface area contributed by atoms with Crippen molar-refractivity contribution in [3.05, 3.63) is 30.1 Å². The number of hydrogen-bond donors (Lipinski definition) is 3. The molecule has 1 atom stereocenters. The molecule has 28 heavy (non-hydrogen) atoms. The first-order chi connectivity index (χ1) is 12.7. The van der Waals surface area contributed by atoms with Gasteiger partial charge in [-0.25, -0.2) is 9.59 Å². The number of esters is 1. The minimum absolute atomic E-state index is 0.266. The smallest absolute Gasteiger partial charge is 0.475 e. The molecule has 1 aromatic heterocycles.